The van der Waals surface area contributed by atoms with E-state index in [-0.39, 0.29) is 5.70 Å². The smallest absolute Gasteiger partial charge is 0.339 e. The monoisotopic (exact) mass is 292 g/mol. The largest absolute Gasteiger partial charge is 0.466 e. The Hall–Kier alpha value is -2.66. The van der Waals surface area contributed by atoms with E-state index in [2.05, 4.69) is 24.8 Å². The van der Waals surface area contributed by atoms with Gasteiger partial charge in [-0.3, -0.25) is 0 Å². The van der Waals surface area contributed by atoms with E-state index in [0.29, 0.717) is 10.6 Å². The molecule has 0 saturated heterocycles. The minimum atomic E-state index is -0.895. The maximum atomic E-state index is 11.4. The summed E-state index contributed by atoms with van der Waals surface area (Å²) in [6.07, 6.45) is 1.19. The van der Waals surface area contributed by atoms with Gasteiger partial charge in [0, 0.05) is 14.8 Å². The highest BCUT2D eigenvalue weighted by Gasteiger charge is 2.15. The summed E-state index contributed by atoms with van der Waals surface area (Å²) >= 11 is 6.00. The Morgan fingerprint density at radius 2 is 2.10 bits per heavy atom. The predicted octanol–water partition coefficient (Wildman–Crippen LogP) is 4.06. The summed E-state index contributed by atoms with van der Waals surface area (Å²) in [5.74, 6) is -0.840. The highest BCUT2D eigenvalue weighted by molar-refractivity contribution is 6.31. The molecule has 0 amide bonds. The van der Waals surface area contributed by atoms with Crippen LogP contribution in [0.2, 0.25) is 5.02 Å². The number of ether oxygens (including phenoxy) is 1. The van der Waals surface area contributed by atoms with Crippen LogP contribution in [0.1, 0.15) is 11.6 Å². The van der Waals surface area contributed by atoms with E-state index in [9.17, 15) is 4.79 Å². The SMILES string of the molecule is COC(=O)/C(=C/C(N=[N+]=[N-])c1ccccc1Cl)N=[N+]=[N-]. The Morgan fingerprint density at radius 1 is 1.40 bits per heavy atom. The summed E-state index contributed by atoms with van der Waals surface area (Å²) in [7, 11) is 1.14. The van der Waals surface area contributed by atoms with Gasteiger partial charge < -0.3 is 4.74 Å². The Kier molecular flexibility index (Phi) is 5.93. The number of azide groups is 2. The lowest BCUT2D eigenvalue weighted by molar-refractivity contribution is -0.136. The van der Waals surface area contributed by atoms with E-state index in [4.69, 9.17) is 22.7 Å². The number of carbonyl (C=O) groups excluding carboxylic acids is 1. The zero-order valence-corrected chi connectivity index (χ0v) is 11.1. The fourth-order valence-electron chi connectivity index (χ4n) is 1.40. The van der Waals surface area contributed by atoms with Crippen LogP contribution in [-0.4, -0.2) is 13.1 Å². The molecule has 1 rings (SSSR count). The minimum absolute atomic E-state index is 0.313. The Morgan fingerprint density at radius 3 is 2.65 bits per heavy atom. The highest BCUT2D eigenvalue weighted by Crippen LogP contribution is 2.28. The van der Waals surface area contributed by atoms with Gasteiger partial charge in [-0.2, -0.15) is 0 Å². The van der Waals surface area contributed by atoms with Crippen LogP contribution >= 0.6 is 11.6 Å². The second-order valence-electron chi connectivity index (χ2n) is 3.40. The van der Waals surface area contributed by atoms with Gasteiger partial charge in [0.25, 0.3) is 0 Å². The number of halogens is 1. The number of nitrogens with zero attached hydrogens (tertiary/aromatic N) is 6. The molecule has 0 saturated carbocycles. The van der Waals surface area contributed by atoms with Crippen molar-refractivity contribution in [2.75, 3.05) is 7.11 Å². The second kappa shape index (κ2) is 7.70. The Labute approximate surface area is 118 Å². The Bertz CT molecular complexity index is 632. The maximum absolute atomic E-state index is 11.4. The third-order valence-electron chi connectivity index (χ3n) is 2.26. The van der Waals surface area contributed by atoms with Crippen LogP contribution in [-0.2, 0) is 9.53 Å². The first-order valence-electron chi connectivity index (χ1n) is 5.28. The Balaban J connectivity index is 3.33. The molecule has 0 aliphatic carbocycles. The summed E-state index contributed by atoms with van der Waals surface area (Å²) in [5, 5.41) is 7.09. The molecule has 0 N–H and O–H groups in total. The van der Waals surface area contributed by atoms with Gasteiger partial charge in [0.2, 0.25) is 0 Å². The van der Waals surface area contributed by atoms with E-state index < -0.39 is 12.0 Å². The van der Waals surface area contributed by atoms with Gasteiger partial charge in [0.1, 0.15) is 5.70 Å². The first-order valence-corrected chi connectivity index (χ1v) is 5.65. The van der Waals surface area contributed by atoms with Gasteiger partial charge in [-0.25, -0.2) is 4.79 Å². The summed E-state index contributed by atoms with van der Waals surface area (Å²) in [6.45, 7) is 0. The summed E-state index contributed by atoms with van der Waals surface area (Å²) in [4.78, 5) is 16.6. The lowest BCUT2D eigenvalue weighted by Crippen LogP contribution is -2.04. The number of carbonyl (C=O) groups is 1. The van der Waals surface area contributed by atoms with Gasteiger partial charge in [0.15, 0.2) is 0 Å². The van der Waals surface area contributed by atoms with Crippen LogP contribution in [0.25, 0.3) is 20.9 Å². The predicted molar refractivity (Wildman–Crippen MR) is 72.6 cm³/mol. The number of esters is 1. The average molecular weight is 293 g/mol. The summed E-state index contributed by atoms with van der Waals surface area (Å²) in [6, 6.07) is 5.74. The zero-order valence-electron chi connectivity index (χ0n) is 10.3. The van der Waals surface area contributed by atoms with Gasteiger partial charge in [0.05, 0.1) is 13.2 Å². The third kappa shape index (κ3) is 3.93. The molecular formula is C11H9ClN6O2. The molecule has 0 bridgehead atoms. The molecule has 0 aliphatic rings. The number of hydrogen-bond donors (Lipinski definition) is 0. The van der Waals surface area contributed by atoms with E-state index >= 15 is 0 Å². The van der Waals surface area contributed by atoms with Gasteiger partial charge in [-0.05, 0) is 22.7 Å². The molecule has 1 atom stereocenters. The molecule has 102 valence electrons. The highest BCUT2D eigenvalue weighted by atomic mass is 35.5. The van der Waals surface area contributed by atoms with Crippen LogP contribution in [0.4, 0.5) is 0 Å². The topological polar surface area (TPSA) is 124 Å². The summed E-state index contributed by atoms with van der Waals surface area (Å²) in [5.41, 5.74) is 17.2. The lowest BCUT2D eigenvalue weighted by Gasteiger charge is -2.09. The van der Waals surface area contributed by atoms with Crippen LogP contribution < -0.4 is 0 Å². The number of hydrogen-bond acceptors (Lipinski definition) is 4. The fourth-order valence-corrected chi connectivity index (χ4v) is 1.65. The molecule has 0 spiro atoms. The molecule has 0 aromatic heterocycles. The maximum Gasteiger partial charge on any atom is 0.339 e. The second-order valence-corrected chi connectivity index (χ2v) is 3.81. The van der Waals surface area contributed by atoms with Crippen molar-refractivity contribution in [3.63, 3.8) is 0 Å². The number of benzene rings is 1. The van der Waals surface area contributed by atoms with Gasteiger partial charge >= 0.3 is 5.97 Å². The van der Waals surface area contributed by atoms with Crippen LogP contribution in [0.15, 0.2) is 46.3 Å². The fraction of sp³-hybridized carbons (Fsp3) is 0.182. The van der Waals surface area contributed by atoms with Crippen molar-refractivity contribution in [1.29, 1.82) is 0 Å². The molecular weight excluding hydrogens is 284 g/mol. The first kappa shape index (κ1) is 15.4. The number of methoxy groups -OCH3 is 1. The van der Waals surface area contributed by atoms with Crippen molar-refractivity contribution in [2.45, 2.75) is 6.04 Å². The van der Waals surface area contributed by atoms with E-state index in [0.717, 1.165) is 7.11 Å². The van der Waals surface area contributed by atoms with Crippen LogP contribution in [0, 0.1) is 0 Å². The van der Waals surface area contributed by atoms with Crippen molar-refractivity contribution < 1.29 is 9.53 Å². The lowest BCUT2D eigenvalue weighted by atomic mass is 10.1. The van der Waals surface area contributed by atoms with E-state index in [1.807, 2.05) is 0 Å². The molecule has 0 heterocycles. The molecule has 0 radical (unpaired) electrons. The van der Waals surface area contributed by atoms with E-state index in [1.165, 1.54) is 6.08 Å². The standard InChI is InChI=1S/C11H9ClN6O2/c1-20-11(19)10(16-18-14)6-9(15-17-13)7-4-2-3-5-8(7)12/h2-6,9H,1H3/b10-6-. The molecule has 1 aromatic carbocycles. The van der Waals surface area contributed by atoms with Crippen molar-refractivity contribution in [2.24, 2.45) is 10.2 Å². The molecule has 0 fully saturated rings. The molecule has 1 unspecified atom stereocenters. The number of rotatable bonds is 5. The molecule has 20 heavy (non-hydrogen) atoms. The van der Waals surface area contributed by atoms with Crippen LogP contribution in [0.3, 0.4) is 0 Å². The molecule has 1 aromatic rings. The van der Waals surface area contributed by atoms with Gasteiger partial charge in [-0.15, -0.1) is 0 Å². The molecule has 8 nitrogen and oxygen atoms in total. The van der Waals surface area contributed by atoms with E-state index in [1.54, 1.807) is 24.3 Å². The molecule has 0 aliphatic heterocycles. The zero-order chi connectivity index (χ0) is 15.0. The average Bonchev–Trinajstić information content (AvgIpc) is 2.46. The van der Waals surface area contributed by atoms with Crippen molar-refractivity contribution in [3.05, 3.63) is 67.5 Å². The first-order chi connectivity index (χ1) is 9.63. The van der Waals surface area contributed by atoms with Crippen molar-refractivity contribution in [1.82, 2.24) is 0 Å². The van der Waals surface area contributed by atoms with Crippen molar-refractivity contribution >= 4 is 17.6 Å². The van der Waals surface area contributed by atoms with Crippen LogP contribution in [0.5, 0.6) is 0 Å². The van der Waals surface area contributed by atoms with Gasteiger partial charge in [-0.1, -0.05) is 46.1 Å². The third-order valence-corrected chi connectivity index (χ3v) is 2.61. The minimum Gasteiger partial charge on any atom is -0.466 e. The quantitative estimate of drug-likeness (QED) is 0.267. The normalized spacial score (nSPS) is 11.8. The molecule has 9 heteroatoms. The van der Waals surface area contributed by atoms with Crippen molar-refractivity contribution in [3.8, 4) is 0 Å². The summed E-state index contributed by atoms with van der Waals surface area (Å²) < 4.78 is 4.47.